The van der Waals surface area contributed by atoms with E-state index in [1.54, 1.807) is 7.11 Å². The van der Waals surface area contributed by atoms with Crippen molar-refractivity contribution in [3.05, 3.63) is 102 Å². The van der Waals surface area contributed by atoms with Crippen molar-refractivity contribution in [2.75, 3.05) is 20.3 Å². The summed E-state index contributed by atoms with van der Waals surface area (Å²) in [4.78, 5) is 0. The Morgan fingerprint density at radius 1 is 0.778 bits per heavy atom. The van der Waals surface area contributed by atoms with Crippen LogP contribution in [0, 0.1) is 0 Å². The zero-order chi connectivity index (χ0) is 18.5. The molecule has 1 saturated heterocycles. The summed E-state index contributed by atoms with van der Waals surface area (Å²) in [6, 6.07) is 29.0. The summed E-state index contributed by atoms with van der Waals surface area (Å²) in [5.74, 6) is 0.831. The standard InChI is InChI=1S/C24H24O3/c1-25-22-14-12-21(13-15-22)24(19-8-4-2-5-9-19,20-10-6-3-7-11-20)27-23-16-17-26-18-23/h2-15,23H,16-18H2,1H3. The Labute approximate surface area is 160 Å². The van der Waals surface area contributed by atoms with Crippen LogP contribution in [0.5, 0.6) is 5.75 Å². The maximum absolute atomic E-state index is 6.86. The minimum absolute atomic E-state index is 0.0486. The monoisotopic (exact) mass is 360 g/mol. The Hall–Kier alpha value is -2.62. The average molecular weight is 360 g/mol. The molecule has 138 valence electrons. The molecule has 3 aromatic rings. The molecule has 0 aromatic heterocycles. The van der Waals surface area contributed by atoms with Crippen molar-refractivity contribution in [1.82, 2.24) is 0 Å². The quantitative estimate of drug-likeness (QED) is 0.592. The fourth-order valence-electron chi connectivity index (χ4n) is 3.73. The van der Waals surface area contributed by atoms with Crippen LogP contribution in [0.1, 0.15) is 23.1 Å². The van der Waals surface area contributed by atoms with Gasteiger partial charge in [-0.2, -0.15) is 0 Å². The second kappa shape index (κ2) is 7.95. The summed E-state index contributed by atoms with van der Waals surface area (Å²) < 4.78 is 17.8. The molecule has 0 spiro atoms. The minimum Gasteiger partial charge on any atom is -0.497 e. The van der Waals surface area contributed by atoms with E-state index >= 15 is 0 Å². The van der Waals surface area contributed by atoms with E-state index in [0.29, 0.717) is 6.61 Å². The molecule has 0 radical (unpaired) electrons. The predicted octanol–water partition coefficient (Wildman–Crippen LogP) is 4.79. The van der Waals surface area contributed by atoms with Gasteiger partial charge in [-0.25, -0.2) is 0 Å². The van der Waals surface area contributed by atoms with E-state index in [-0.39, 0.29) is 6.10 Å². The Morgan fingerprint density at radius 3 is 1.81 bits per heavy atom. The summed E-state index contributed by atoms with van der Waals surface area (Å²) >= 11 is 0. The summed E-state index contributed by atoms with van der Waals surface area (Å²) in [5, 5.41) is 0. The molecule has 3 heteroatoms. The number of rotatable bonds is 6. The molecule has 1 atom stereocenters. The van der Waals surface area contributed by atoms with E-state index in [4.69, 9.17) is 14.2 Å². The van der Waals surface area contributed by atoms with Crippen LogP contribution in [0.3, 0.4) is 0 Å². The highest BCUT2D eigenvalue weighted by atomic mass is 16.6. The van der Waals surface area contributed by atoms with Gasteiger partial charge in [-0.05, 0) is 35.2 Å². The third kappa shape index (κ3) is 3.48. The van der Waals surface area contributed by atoms with Gasteiger partial charge in [0.25, 0.3) is 0 Å². The van der Waals surface area contributed by atoms with E-state index in [0.717, 1.165) is 35.5 Å². The molecule has 1 fully saturated rings. The van der Waals surface area contributed by atoms with Gasteiger partial charge in [0.05, 0.1) is 19.8 Å². The Bertz CT molecular complexity index is 798. The third-order valence-electron chi connectivity index (χ3n) is 5.09. The highest BCUT2D eigenvalue weighted by molar-refractivity contribution is 5.48. The Morgan fingerprint density at radius 2 is 1.33 bits per heavy atom. The second-order valence-corrected chi connectivity index (χ2v) is 6.75. The van der Waals surface area contributed by atoms with E-state index in [1.807, 2.05) is 24.3 Å². The molecule has 0 aliphatic carbocycles. The molecule has 27 heavy (non-hydrogen) atoms. The molecule has 1 heterocycles. The fraction of sp³-hybridized carbons (Fsp3) is 0.250. The molecule has 3 nitrogen and oxygen atoms in total. The van der Waals surface area contributed by atoms with Crippen LogP contribution in [0.15, 0.2) is 84.9 Å². The van der Waals surface area contributed by atoms with Crippen molar-refractivity contribution in [3.8, 4) is 5.75 Å². The van der Waals surface area contributed by atoms with Crippen molar-refractivity contribution in [1.29, 1.82) is 0 Å². The van der Waals surface area contributed by atoms with Crippen LogP contribution in [0.2, 0.25) is 0 Å². The molecular weight excluding hydrogens is 336 g/mol. The first-order valence-electron chi connectivity index (χ1n) is 9.34. The van der Waals surface area contributed by atoms with E-state index < -0.39 is 5.60 Å². The van der Waals surface area contributed by atoms with E-state index in [1.165, 1.54) is 0 Å². The maximum atomic E-state index is 6.86. The predicted molar refractivity (Wildman–Crippen MR) is 106 cm³/mol. The first-order valence-corrected chi connectivity index (χ1v) is 9.34. The van der Waals surface area contributed by atoms with E-state index in [2.05, 4.69) is 60.7 Å². The average Bonchev–Trinajstić information content (AvgIpc) is 3.26. The first kappa shape index (κ1) is 17.8. The molecule has 0 saturated carbocycles. The molecule has 3 aromatic carbocycles. The summed E-state index contributed by atoms with van der Waals surface area (Å²) in [7, 11) is 1.68. The van der Waals surface area contributed by atoms with Gasteiger partial charge in [-0.1, -0.05) is 72.8 Å². The fourth-order valence-corrected chi connectivity index (χ4v) is 3.73. The highest BCUT2D eigenvalue weighted by Gasteiger charge is 2.40. The molecule has 0 N–H and O–H groups in total. The van der Waals surface area contributed by atoms with Gasteiger partial charge < -0.3 is 14.2 Å². The van der Waals surface area contributed by atoms with Gasteiger partial charge in [-0.3, -0.25) is 0 Å². The highest BCUT2D eigenvalue weighted by Crippen LogP contribution is 2.42. The van der Waals surface area contributed by atoms with Crippen LogP contribution in [-0.4, -0.2) is 26.4 Å². The van der Waals surface area contributed by atoms with Crippen LogP contribution in [0.25, 0.3) is 0 Å². The van der Waals surface area contributed by atoms with Crippen molar-refractivity contribution >= 4 is 0 Å². The molecule has 0 bridgehead atoms. The number of hydrogen-bond donors (Lipinski definition) is 0. The molecule has 1 unspecified atom stereocenters. The molecule has 1 aliphatic rings. The molecule has 1 aliphatic heterocycles. The third-order valence-corrected chi connectivity index (χ3v) is 5.09. The summed E-state index contributed by atoms with van der Waals surface area (Å²) in [5.41, 5.74) is 2.59. The molecular formula is C24H24O3. The van der Waals surface area contributed by atoms with E-state index in [9.17, 15) is 0 Å². The smallest absolute Gasteiger partial charge is 0.144 e. The van der Waals surface area contributed by atoms with Crippen molar-refractivity contribution in [2.45, 2.75) is 18.1 Å². The first-order chi connectivity index (χ1) is 13.3. The summed E-state index contributed by atoms with van der Waals surface area (Å²) in [6.45, 7) is 1.37. The van der Waals surface area contributed by atoms with Gasteiger partial charge in [0.15, 0.2) is 0 Å². The Balaban J connectivity index is 1.92. The van der Waals surface area contributed by atoms with Crippen molar-refractivity contribution in [2.24, 2.45) is 0 Å². The lowest BCUT2D eigenvalue weighted by atomic mass is 9.79. The normalized spacial score (nSPS) is 17.0. The lowest BCUT2D eigenvalue weighted by Crippen LogP contribution is -2.37. The number of ether oxygens (including phenoxy) is 3. The number of hydrogen-bond acceptors (Lipinski definition) is 3. The molecule has 4 rings (SSSR count). The lowest BCUT2D eigenvalue weighted by molar-refractivity contribution is -0.0489. The number of methoxy groups -OCH3 is 1. The summed E-state index contributed by atoms with van der Waals surface area (Å²) in [6.07, 6.45) is 0.949. The van der Waals surface area contributed by atoms with Gasteiger partial charge in [-0.15, -0.1) is 0 Å². The molecule has 0 amide bonds. The van der Waals surface area contributed by atoms with Crippen LogP contribution in [0.4, 0.5) is 0 Å². The van der Waals surface area contributed by atoms with Gasteiger partial charge in [0, 0.05) is 6.61 Å². The zero-order valence-corrected chi connectivity index (χ0v) is 15.5. The zero-order valence-electron chi connectivity index (χ0n) is 15.5. The largest absolute Gasteiger partial charge is 0.497 e. The lowest BCUT2D eigenvalue weighted by Gasteiger charge is -2.38. The van der Waals surface area contributed by atoms with Crippen LogP contribution in [-0.2, 0) is 15.1 Å². The number of benzene rings is 3. The topological polar surface area (TPSA) is 27.7 Å². The van der Waals surface area contributed by atoms with Crippen molar-refractivity contribution in [3.63, 3.8) is 0 Å². The van der Waals surface area contributed by atoms with Crippen LogP contribution >= 0.6 is 0 Å². The van der Waals surface area contributed by atoms with Gasteiger partial charge in [0.2, 0.25) is 0 Å². The maximum Gasteiger partial charge on any atom is 0.144 e. The van der Waals surface area contributed by atoms with Gasteiger partial charge in [0.1, 0.15) is 11.4 Å². The van der Waals surface area contributed by atoms with Crippen molar-refractivity contribution < 1.29 is 14.2 Å². The van der Waals surface area contributed by atoms with Gasteiger partial charge >= 0.3 is 0 Å². The van der Waals surface area contributed by atoms with Crippen LogP contribution < -0.4 is 4.74 Å². The SMILES string of the molecule is COc1ccc(C(OC2CCOC2)(c2ccccc2)c2ccccc2)cc1. The Kier molecular flexibility index (Phi) is 5.23. The minimum atomic E-state index is -0.701. The second-order valence-electron chi connectivity index (χ2n) is 6.75.